The predicted octanol–water partition coefficient (Wildman–Crippen LogP) is -3.44. The van der Waals surface area contributed by atoms with Crippen molar-refractivity contribution in [1.82, 2.24) is 0 Å². The smallest absolute Gasteiger partial charge is 0.550 e. The topological polar surface area (TPSA) is 209 Å². The Hall–Kier alpha value is -0.210. The van der Waals surface area contributed by atoms with Crippen LogP contribution in [0.3, 0.4) is 0 Å². The third kappa shape index (κ3) is 12.6. The van der Waals surface area contributed by atoms with Crippen LogP contribution < -0.4 is 69.3 Å². The van der Waals surface area contributed by atoms with E-state index in [0.717, 1.165) is 32.1 Å². The van der Waals surface area contributed by atoms with E-state index in [4.69, 9.17) is 0 Å². The zero-order chi connectivity index (χ0) is 29.4. The van der Waals surface area contributed by atoms with Gasteiger partial charge in [-0.1, -0.05) is 110 Å². The summed E-state index contributed by atoms with van der Waals surface area (Å²) < 4.78 is 29.9. The second-order valence-corrected chi connectivity index (χ2v) is 11.8. The molecule has 14 heteroatoms. The summed E-state index contributed by atoms with van der Waals surface area (Å²) in [6, 6.07) is 0. The average Bonchev–Trinajstić information content (AvgIpc) is 2.81. The number of carboxylic acids is 4. The molecule has 0 aliphatic carbocycles. The monoisotopic (exact) mass is 610 g/mol. The maximum atomic E-state index is 12.2. The molecule has 0 aliphatic heterocycles. The van der Waals surface area contributed by atoms with Crippen LogP contribution in [0.5, 0.6) is 0 Å². The first-order chi connectivity index (χ1) is 17.7. The Kier molecular flexibility index (Phi) is 24.7. The van der Waals surface area contributed by atoms with Crippen molar-refractivity contribution in [2.45, 2.75) is 128 Å². The van der Waals surface area contributed by atoms with Crippen molar-refractivity contribution in [3.05, 3.63) is 0 Å². The molecule has 0 aliphatic rings. The zero-order valence-corrected chi connectivity index (χ0v) is 29.4. The Bertz CT molecular complexity index is 866. The maximum absolute atomic E-state index is 12.2. The van der Waals surface area contributed by atoms with Gasteiger partial charge in [0, 0.05) is 11.9 Å². The molecule has 222 valence electrons. The van der Waals surface area contributed by atoms with Gasteiger partial charge in [-0.25, -0.2) is 0 Å². The van der Waals surface area contributed by atoms with Crippen molar-refractivity contribution in [3.63, 3.8) is 0 Å². The van der Waals surface area contributed by atoms with Crippen molar-refractivity contribution < 1.29 is 112 Å². The van der Waals surface area contributed by atoms with Gasteiger partial charge >= 0.3 is 71.1 Å². The summed E-state index contributed by atoms with van der Waals surface area (Å²) in [6.07, 6.45) is 15.4. The Morgan fingerprint density at radius 3 is 1.20 bits per heavy atom. The van der Waals surface area contributed by atoms with Gasteiger partial charge in [0.15, 0.2) is 10.2 Å². The molecule has 11 nitrogen and oxygen atoms in total. The molecule has 0 heterocycles. The van der Waals surface area contributed by atoms with Gasteiger partial charge in [0.1, 0.15) is 0 Å². The summed E-state index contributed by atoms with van der Waals surface area (Å²) >= 11 is 0. The van der Waals surface area contributed by atoms with Gasteiger partial charge in [-0.2, -0.15) is 8.42 Å². The molecule has 2 atom stereocenters. The first kappa shape index (κ1) is 44.2. The van der Waals surface area contributed by atoms with Crippen LogP contribution in [-0.2, 0) is 29.3 Å². The van der Waals surface area contributed by atoms with Gasteiger partial charge in [0.05, 0.1) is 5.97 Å². The predicted molar refractivity (Wildman–Crippen MR) is 135 cm³/mol. The first-order valence-corrected chi connectivity index (χ1v) is 15.0. The fourth-order valence-corrected chi connectivity index (χ4v) is 6.51. The zero-order valence-electron chi connectivity index (χ0n) is 24.6. The number of hydrogen-bond donors (Lipinski definition) is 3. The molecular weight excluding hydrogens is 566 g/mol. The van der Waals surface area contributed by atoms with E-state index in [1.165, 1.54) is 51.4 Å². The van der Waals surface area contributed by atoms with Gasteiger partial charge in [0.2, 0.25) is 0 Å². The van der Waals surface area contributed by atoms with Crippen LogP contribution in [0.25, 0.3) is 0 Å². The molecule has 0 aromatic rings. The minimum absolute atomic E-state index is 0. The summed E-state index contributed by atoms with van der Waals surface area (Å²) in [5, 5.41) is 42.7. The fraction of sp³-hybridized carbons (Fsp3) is 0.846. The molecule has 0 saturated heterocycles. The Labute approximate surface area is 282 Å². The van der Waals surface area contributed by atoms with E-state index in [9.17, 15) is 52.6 Å². The second kappa shape index (κ2) is 22.3. The summed E-state index contributed by atoms with van der Waals surface area (Å²) in [7, 11) is -6.13. The van der Waals surface area contributed by atoms with Gasteiger partial charge in [-0.05, 0) is 13.3 Å². The van der Waals surface area contributed by atoms with Crippen LogP contribution in [0.15, 0.2) is 0 Å². The Morgan fingerprint density at radius 2 is 0.975 bits per heavy atom. The van der Waals surface area contributed by atoms with Crippen LogP contribution in [0, 0.1) is 11.3 Å². The van der Waals surface area contributed by atoms with E-state index in [-0.39, 0.29) is 72.5 Å². The van der Waals surface area contributed by atoms with Gasteiger partial charge in [-0.15, -0.1) is 0 Å². The molecule has 3 N–H and O–H groups in total. The Morgan fingerprint density at radius 1 is 0.675 bits per heavy atom. The number of hydrogen-bond acceptors (Lipinski definition) is 8. The van der Waals surface area contributed by atoms with E-state index in [2.05, 4.69) is 6.92 Å². The van der Waals surface area contributed by atoms with E-state index < -0.39 is 56.5 Å². The maximum Gasteiger partial charge on any atom is 1.00 e. The molecule has 0 spiro atoms. The van der Waals surface area contributed by atoms with Crippen molar-refractivity contribution in [1.29, 1.82) is 0 Å². The van der Waals surface area contributed by atoms with E-state index in [1.807, 2.05) is 0 Å². The number of aliphatic carboxylic acids is 4. The number of rotatable bonds is 24. The average molecular weight is 611 g/mol. The van der Waals surface area contributed by atoms with Gasteiger partial charge < -0.3 is 30.0 Å². The summed E-state index contributed by atoms with van der Waals surface area (Å²) in [6.45, 7) is 2.41. The minimum atomic E-state index is -6.13. The molecule has 0 bridgehead atoms. The molecule has 40 heavy (non-hydrogen) atoms. The van der Waals surface area contributed by atoms with Crippen LogP contribution in [0.2, 0.25) is 0 Å². The van der Waals surface area contributed by atoms with Crippen molar-refractivity contribution >= 4 is 34.0 Å². The third-order valence-corrected chi connectivity index (χ3v) is 9.10. The van der Waals surface area contributed by atoms with Crippen LogP contribution in [0.1, 0.15) is 123 Å². The molecule has 0 saturated carbocycles. The van der Waals surface area contributed by atoms with Crippen molar-refractivity contribution in [2.75, 3.05) is 0 Å². The summed E-state index contributed by atoms with van der Waals surface area (Å²) in [5.74, 6) is -12.8. The van der Waals surface area contributed by atoms with Crippen molar-refractivity contribution in [2.24, 2.45) is 11.3 Å². The van der Waals surface area contributed by atoms with Crippen LogP contribution in [0.4, 0.5) is 0 Å². The second-order valence-electron chi connectivity index (χ2n) is 10.2. The summed E-state index contributed by atoms with van der Waals surface area (Å²) in [5.41, 5.74) is -3.78. The van der Waals surface area contributed by atoms with E-state index in [0.29, 0.717) is 12.8 Å². The quantitative estimate of drug-likeness (QED) is 0.0424. The SMILES string of the molecule is CCCCCCCCCCCCCCCCCCC(C(=O)[O-])C(C(=O)[O-])(C(C)(C(=O)O)C(=O)O)S(=O)(=O)O.[Na+].[Na+]. The molecule has 0 fully saturated rings. The van der Waals surface area contributed by atoms with E-state index >= 15 is 0 Å². The number of carbonyl (C=O) groups excluding carboxylic acids is 2. The fourth-order valence-electron chi connectivity index (χ4n) is 5.03. The molecule has 0 aromatic carbocycles. The summed E-state index contributed by atoms with van der Waals surface area (Å²) in [4.78, 5) is 47.3. The van der Waals surface area contributed by atoms with Gasteiger partial charge in [0.25, 0.3) is 10.1 Å². The minimum Gasteiger partial charge on any atom is -0.550 e. The van der Waals surface area contributed by atoms with Crippen LogP contribution >= 0.6 is 0 Å². The number of carbonyl (C=O) groups is 4. The third-order valence-electron chi connectivity index (χ3n) is 7.43. The molecule has 0 rings (SSSR count). The van der Waals surface area contributed by atoms with Gasteiger partial charge in [-0.3, -0.25) is 14.1 Å². The standard InChI is InChI=1S/C26H46O11S.2Na/c1-3-4-5-6-7-8-9-10-11-12-13-14-15-16-17-18-19-20(21(27)28)26(24(33)34,38(35,36)37)25(2,22(29)30)23(31)32;;/h20H,3-19H2,1-2H3,(H,27,28)(H,29,30)(H,31,32)(H,33,34)(H,35,36,37);;/q;2*+1/p-2. The number of unbranched alkanes of at least 4 members (excludes halogenated alkanes) is 15. The Balaban J connectivity index is -0.00000684. The number of carboxylic acid groups (broad SMARTS) is 4. The largest absolute Gasteiger partial charge is 1.00 e. The first-order valence-electron chi connectivity index (χ1n) is 13.6. The molecular formula is C26H44Na2O11S. The molecule has 0 amide bonds. The molecule has 2 unspecified atom stereocenters. The van der Waals surface area contributed by atoms with Crippen LogP contribution in [-0.4, -0.2) is 51.8 Å². The molecule has 0 radical (unpaired) electrons. The normalized spacial score (nSPS) is 13.8. The van der Waals surface area contributed by atoms with E-state index in [1.54, 1.807) is 0 Å². The van der Waals surface area contributed by atoms with Crippen molar-refractivity contribution in [3.8, 4) is 0 Å². The molecule has 0 aromatic heterocycles.